The number of hydrogen-bond donors (Lipinski definition) is 1. The number of carbonyl (C=O) groups is 1. The maximum Gasteiger partial charge on any atom is 0.266 e. The zero-order valence-corrected chi connectivity index (χ0v) is 12.3. The van der Waals surface area contributed by atoms with Crippen molar-refractivity contribution in [1.82, 2.24) is 14.9 Å². The van der Waals surface area contributed by atoms with Gasteiger partial charge in [-0.15, -0.1) is 11.3 Å². The molecule has 0 saturated heterocycles. The number of carbonyl (C=O) groups excluding carboxylic acids is 1. The number of nitrogens with zero attached hydrogens (tertiary/aromatic N) is 3. The van der Waals surface area contributed by atoms with E-state index in [-0.39, 0.29) is 5.91 Å². The first-order chi connectivity index (χ1) is 10.2. The second-order valence-electron chi connectivity index (χ2n) is 4.70. The zero-order chi connectivity index (χ0) is 14.8. The van der Waals surface area contributed by atoms with E-state index in [2.05, 4.69) is 9.97 Å². The minimum atomic E-state index is -0.110. The molecule has 0 aliphatic carbocycles. The molecule has 0 aliphatic heterocycles. The fourth-order valence-corrected chi connectivity index (χ4v) is 3.12. The highest BCUT2D eigenvalue weighted by atomic mass is 32.1. The van der Waals surface area contributed by atoms with Gasteiger partial charge in [-0.05, 0) is 5.56 Å². The van der Waals surface area contributed by atoms with Crippen molar-refractivity contribution in [2.75, 3.05) is 12.8 Å². The Morgan fingerprint density at radius 2 is 1.95 bits per heavy atom. The number of thiophene rings is 1. The van der Waals surface area contributed by atoms with E-state index in [1.54, 1.807) is 24.3 Å². The molecule has 1 aromatic carbocycles. The third-order valence-corrected chi connectivity index (χ3v) is 4.26. The molecule has 3 aromatic rings. The van der Waals surface area contributed by atoms with Crippen LogP contribution in [0.15, 0.2) is 42.7 Å². The summed E-state index contributed by atoms with van der Waals surface area (Å²) in [4.78, 5) is 23.7. The minimum Gasteiger partial charge on any atom is -0.396 e. The van der Waals surface area contributed by atoms with Gasteiger partial charge in [0.2, 0.25) is 0 Å². The number of anilines is 1. The summed E-state index contributed by atoms with van der Waals surface area (Å²) in [6.45, 7) is 0.536. The lowest BCUT2D eigenvalue weighted by Gasteiger charge is -2.16. The smallest absolute Gasteiger partial charge is 0.266 e. The Balaban J connectivity index is 1.88. The molecule has 3 rings (SSSR count). The first kappa shape index (κ1) is 13.5. The van der Waals surface area contributed by atoms with E-state index in [1.807, 2.05) is 30.3 Å². The molecule has 1 amide bonds. The second kappa shape index (κ2) is 5.49. The fourth-order valence-electron chi connectivity index (χ4n) is 2.11. The van der Waals surface area contributed by atoms with E-state index in [4.69, 9.17) is 5.73 Å². The average Bonchev–Trinajstić information content (AvgIpc) is 2.85. The summed E-state index contributed by atoms with van der Waals surface area (Å²) in [6.07, 6.45) is 3.17. The summed E-state index contributed by atoms with van der Waals surface area (Å²) in [5, 5.41) is 0. The van der Waals surface area contributed by atoms with Crippen molar-refractivity contribution in [1.29, 1.82) is 0 Å². The lowest BCUT2D eigenvalue weighted by atomic mass is 10.2. The number of fused-ring (bicyclic) bond motifs is 1. The normalized spacial score (nSPS) is 10.7. The van der Waals surface area contributed by atoms with Crippen LogP contribution in [0.4, 0.5) is 5.69 Å². The molecule has 0 aliphatic rings. The van der Waals surface area contributed by atoms with Crippen molar-refractivity contribution in [2.24, 2.45) is 0 Å². The molecule has 0 atom stereocenters. The van der Waals surface area contributed by atoms with Crippen LogP contribution in [0.1, 0.15) is 15.2 Å². The Morgan fingerprint density at radius 3 is 2.67 bits per heavy atom. The van der Waals surface area contributed by atoms with E-state index in [0.29, 0.717) is 27.5 Å². The molecule has 0 saturated carbocycles. The van der Waals surface area contributed by atoms with E-state index >= 15 is 0 Å². The molecular formula is C15H14N4OS. The maximum atomic E-state index is 12.5. The molecule has 5 nitrogen and oxygen atoms in total. The molecular weight excluding hydrogens is 284 g/mol. The summed E-state index contributed by atoms with van der Waals surface area (Å²) in [5.74, 6) is -0.110. The topological polar surface area (TPSA) is 72.1 Å². The lowest BCUT2D eigenvalue weighted by Crippen LogP contribution is -2.26. The Bertz CT molecular complexity index is 785. The third-order valence-electron chi connectivity index (χ3n) is 3.17. The standard InChI is InChI=1S/C15H14N4OS/c1-19(9-10-5-3-2-4-6-10)15(20)13-11(16)12-14(21-13)18-8-7-17-12/h2-8H,9,16H2,1H3. The number of benzene rings is 1. The maximum absolute atomic E-state index is 12.5. The van der Waals surface area contributed by atoms with Gasteiger partial charge in [0, 0.05) is 26.0 Å². The van der Waals surface area contributed by atoms with Crippen LogP contribution in [-0.4, -0.2) is 27.8 Å². The molecule has 0 bridgehead atoms. The van der Waals surface area contributed by atoms with E-state index in [1.165, 1.54) is 11.3 Å². The Labute approximate surface area is 126 Å². The van der Waals surface area contributed by atoms with Crippen LogP contribution in [0, 0.1) is 0 Å². The van der Waals surface area contributed by atoms with Gasteiger partial charge < -0.3 is 10.6 Å². The van der Waals surface area contributed by atoms with Crippen LogP contribution < -0.4 is 5.73 Å². The predicted molar refractivity (Wildman–Crippen MR) is 84.1 cm³/mol. The van der Waals surface area contributed by atoms with E-state index < -0.39 is 0 Å². The van der Waals surface area contributed by atoms with Crippen molar-refractivity contribution in [3.63, 3.8) is 0 Å². The van der Waals surface area contributed by atoms with Crippen molar-refractivity contribution in [2.45, 2.75) is 6.54 Å². The first-order valence-corrected chi connectivity index (χ1v) is 7.27. The molecule has 6 heteroatoms. The minimum absolute atomic E-state index is 0.110. The molecule has 0 spiro atoms. The van der Waals surface area contributed by atoms with Crippen LogP contribution in [0.2, 0.25) is 0 Å². The summed E-state index contributed by atoms with van der Waals surface area (Å²) in [6, 6.07) is 9.83. The van der Waals surface area contributed by atoms with Gasteiger partial charge in [-0.2, -0.15) is 0 Å². The predicted octanol–water partition coefficient (Wildman–Crippen LogP) is 2.55. The Hall–Kier alpha value is -2.47. The van der Waals surface area contributed by atoms with Crippen LogP contribution in [0.5, 0.6) is 0 Å². The SMILES string of the molecule is CN(Cc1ccccc1)C(=O)c1sc2nccnc2c1N. The second-order valence-corrected chi connectivity index (χ2v) is 5.70. The molecule has 21 heavy (non-hydrogen) atoms. The zero-order valence-electron chi connectivity index (χ0n) is 11.5. The van der Waals surface area contributed by atoms with Gasteiger partial charge in [-0.1, -0.05) is 30.3 Å². The largest absolute Gasteiger partial charge is 0.396 e. The molecule has 106 valence electrons. The molecule has 0 unspecified atom stereocenters. The van der Waals surface area contributed by atoms with Crippen LogP contribution >= 0.6 is 11.3 Å². The average molecular weight is 298 g/mol. The van der Waals surface area contributed by atoms with Crippen molar-refractivity contribution >= 4 is 33.3 Å². The highest BCUT2D eigenvalue weighted by Gasteiger charge is 2.21. The lowest BCUT2D eigenvalue weighted by molar-refractivity contribution is 0.0791. The van der Waals surface area contributed by atoms with E-state index in [9.17, 15) is 4.79 Å². The van der Waals surface area contributed by atoms with Gasteiger partial charge in [0.25, 0.3) is 5.91 Å². The molecule has 0 fully saturated rings. The monoisotopic (exact) mass is 298 g/mol. The van der Waals surface area contributed by atoms with Crippen LogP contribution in [0.25, 0.3) is 10.3 Å². The fraction of sp³-hybridized carbons (Fsp3) is 0.133. The Morgan fingerprint density at radius 1 is 1.24 bits per heavy atom. The number of aromatic nitrogens is 2. The van der Waals surface area contributed by atoms with Crippen molar-refractivity contribution in [3.8, 4) is 0 Å². The quantitative estimate of drug-likeness (QED) is 0.806. The van der Waals surface area contributed by atoms with Crippen LogP contribution in [-0.2, 0) is 6.54 Å². The number of rotatable bonds is 3. The number of nitrogen functional groups attached to an aromatic ring is 1. The van der Waals surface area contributed by atoms with Gasteiger partial charge in [0.05, 0.1) is 5.69 Å². The third kappa shape index (κ3) is 2.57. The van der Waals surface area contributed by atoms with Gasteiger partial charge in [-0.3, -0.25) is 4.79 Å². The summed E-state index contributed by atoms with van der Waals surface area (Å²) < 4.78 is 0. The highest BCUT2D eigenvalue weighted by Crippen LogP contribution is 2.31. The summed E-state index contributed by atoms with van der Waals surface area (Å²) >= 11 is 1.28. The summed E-state index contributed by atoms with van der Waals surface area (Å²) in [7, 11) is 1.76. The number of amides is 1. The molecule has 2 aromatic heterocycles. The van der Waals surface area contributed by atoms with Crippen molar-refractivity contribution in [3.05, 3.63) is 53.2 Å². The molecule has 2 heterocycles. The number of hydrogen-bond acceptors (Lipinski definition) is 5. The van der Waals surface area contributed by atoms with Gasteiger partial charge in [0.1, 0.15) is 15.2 Å². The van der Waals surface area contributed by atoms with Gasteiger partial charge in [-0.25, -0.2) is 9.97 Å². The van der Waals surface area contributed by atoms with Gasteiger partial charge >= 0.3 is 0 Å². The van der Waals surface area contributed by atoms with Crippen LogP contribution in [0.3, 0.4) is 0 Å². The van der Waals surface area contributed by atoms with Gasteiger partial charge in [0.15, 0.2) is 0 Å². The first-order valence-electron chi connectivity index (χ1n) is 6.45. The molecule has 2 N–H and O–H groups in total. The van der Waals surface area contributed by atoms with Crippen molar-refractivity contribution < 1.29 is 4.79 Å². The van der Waals surface area contributed by atoms with E-state index in [0.717, 1.165) is 5.56 Å². The molecule has 0 radical (unpaired) electrons. The highest BCUT2D eigenvalue weighted by molar-refractivity contribution is 7.21. The summed E-state index contributed by atoms with van der Waals surface area (Å²) in [5.41, 5.74) is 8.11. The Kier molecular flexibility index (Phi) is 3.53. The number of nitrogens with two attached hydrogens (primary N) is 1.